The lowest BCUT2D eigenvalue weighted by molar-refractivity contribution is 1.07. The van der Waals surface area contributed by atoms with Crippen LogP contribution in [0.1, 0.15) is 35.1 Å². The predicted molar refractivity (Wildman–Crippen MR) is 233 cm³/mol. The summed E-state index contributed by atoms with van der Waals surface area (Å²) < 4.78 is 0. The zero-order chi connectivity index (χ0) is 36.4. The summed E-state index contributed by atoms with van der Waals surface area (Å²) in [6.07, 6.45) is 6.50. The summed E-state index contributed by atoms with van der Waals surface area (Å²) >= 11 is 0. The first-order valence-corrected chi connectivity index (χ1v) is 19.0. The molecule has 262 valence electrons. The molecule has 0 amide bonds. The van der Waals surface area contributed by atoms with Gasteiger partial charge in [0.05, 0.1) is 0 Å². The van der Waals surface area contributed by atoms with E-state index in [-0.39, 0.29) is 0 Å². The molecule has 8 rings (SSSR count). The quantitative estimate of drug-likeness (QED) is 0.117. The van der Waals surface area contributed by atoms with E-state index in [1.54, 1.807) is 0 Å². The molecule has 8 aromatic rings. The fourth-order valence-corrected chi connectivity index (χ4v) is 7.50. The van der Waals surface area contributed by atoms with Gasteiger partial charge in [0.25, 0.3) is 0 Å². The molecule has 0 bridgehead atoms. The minimum Gasteiger partial charge on any atom is -0.384 e. The van der Waals surface area contributed by atoms with Crippen LogP contribution in [0, 0.1) is 0 Å². The number of hydrogen-bond donors (Lipinski definition) is 2. The number of fused-ring (bicyclic) bond motifs is 2. The molecule has 0 aliphatic carbocycles. The summed E-state index contributed by atoms with van der Waals surface area (Å²) in [5, 5.41) is 12.7. The Labute approximate surface area is 319 Å². The second kappa shape index (κ2) is 16.8. The van der Waals surface area contributed by atoms with Crippen molar-refractivity contribution < 1.29 is 0 Å². The lowest BCUT2D eigenvalue weighted by Crippen LogP contribution is -2.06. The topological polar surface area (TPSA) is 24.1 Å². The van der Waals surface area contributed by atoms with E-state index in [9.17, 15) is 0 Å². The summed E-state index contributed by atoms with van der Waals surface area (Å²) in [4.78, 5) is 0. The van der Waals surface area contributed by atoms with Crippen LogP contribution < -0.4 is 10.6 Å². The fraction of sp³-hybridized carbons (Fsp3) is 0.0769. The van der Waals surface area contributed by atoms with E-state index in [2.05, 4.69) is 217 Å². The summed E-state index contributed by atoms with van der Waals surface area (Å²) in [6.45, 7) is 1.60. The first-order chi connectivity index (χ1) is 26.8. The SMILES string of the molecule is C(CCNc1ccc2ccccc2c1-c1c(NCCC=C(c2ccccc2)c2ccccc2)ccc2ccccc12)=C(c1ccccc1)c1ccccc1. The van der Waals surface area contributed by atoms with Crippen LogP contribution in [0.2, 0.25) is 0 Å². The third-order valence-electron chi connectivity index (χ3n) is 10.1. The molecule has 2 N–H and O–H groups in total. The lowest BCUT2D eigenvalue weighted by atomic mass is 9.90. The Morgan fingerprint density at radius 2 is 0.648 bits per heavy atom. The van der Waals surface area contributed by atoms with E-state index < -0.39 is 0 Å². The summed E-state index contributed by atoms with van der Waals surface area (Å²) in [7, 11) is 0. The molecule has 2 heteroatoms. The summed E-state index contributed by atoms with van der Waals surface area (Å²) in [6, 6.07) is 69.3. The summed E-state index contributed by atoms with van der Waals surface area (Å²) in [5.74, 6) is 0. The Balaban J connectivity index is 1.13. The monoisotopic (exact) mass is 696 g/mol. The molecule has 8 aromatic carbocycles. The van der Waals surface area contributed by atoms with E-state index in [1.807, 2.05) is 0 Å². The van der Waals surface area contributed by atoms with Crippen LogP contribution in [0.3, 0.4) is 0 Å². The van der Waals surface area contributed by atoms with Gasteiger partial charge in [-0.25, -0.2) is 0 Å². The van der Waals surface area contributed by atoms with Gasteiger partial charge in [-0.05, 0) is 79.9 Å². The Morgan fingerprint density at radius 1 is 0.333 bits per heavy atom. The highest BCUT2D eigenvalue weighted by atomic mass is 14.9. The van der Waals surface area contributed by atoms with Gasteiger partial charge in [-0.3, -0.25) is 0 Å². The van der Waals surface area contributed by atoms with Crippen molar-refractivity contribution >= 4 is 44.1 Å². The van der Waals surface area contributed by atoms with Crippen molar-refractivity contribution in [2.45, 2.75) is 12.8 Å². The van der Waals surface area contributed by atoms with Crippen molar-refractivity contribution in [3.05, 3.63) is 229 Å². The van der Waals surface area contributed by atoms with Gasteiger partial charge in [-0.2, -0.15) is 0 Å². The molecule has 0 saturated heterocycles. The van der Waals surface area contributed by atoms with Crippen LogP contribution in [-0.2, 0) is 0 Å². The minimum absolute atomic E-state index is 0.800. The number of nitrogens with one attached hydrogen (secondary N) is 2. The van der Waals surface area contributed by atoms with Crippen molar-refractivity contribution in [2.24, 2.45) is 0 Å². The van der Waals surface area contributed by atoms with Gasteiger partial charge in [0.1, 0.15) is 0 Å². The van der Waals surface area contributed by atoms with Gasteiger partial charge in [-0.1, -0.05) is 194 Å². The molecule has 0 aromatic heterocycles. The molecule has 0 radical (unpaired) electrons. The first-order valence-electron chi connectivity index (χ1n) is 19.0. The van der Waals surface area contributed by atoms with E-state index in [0.717, 1.165) is 37.3 Å². The van der Waals surface area contributed by atoms with Crippen LogP contribution in [0.4, 0.5) is 11.4 Å². The maximum absolute atomic E-state index is 3.89. The van der Waals surface area contributed by atoms with Crippen molar-refractivity contribution in [1.82, 2.24) is 0 Å². The lowest BCUT2D eigenvalue weighted by Gasteiger charge is -2.21. The van der Waals surface area contributed by atoms with E-state index in [1.165, 1.54) is 66.1 Å². The smallest absolute Gasteiger partial charge is 0.0427 e. The third-order valence-corrected chi connectivity index (χ3v) is 10.1. The number of benzene rings is 8. The van der Waals surface area contributed by atoms with Crippen LogP contribution in [-0.4, -0.2) is 13.1 Å². The highest BCUT2D eigenvalue weighted by molar-refractivity contribution is 6.13. The number of anilines is 2. The number of hydrogen-bond acceptors (Lipinski definition) is 2. The van der Waals surface area contributed by atoms with Gasteiger partial charge in [0, 0.05) is 35.6 Å². The molecular formula is C52H44N2. The highest BCUT2D eigenvalue weighted by Crippen LogP contribution is 2.43. The fourth-order valence-electron chi connectivity index (χ4n) is 7.50. The highest BCUT2D eigenvalue weighted by Gasteiger charge is 2.17. The van der Waals surface area contributed by atoms with Gasteiger partial charge < -0.3 is 10.6 Å². The molecule has 0 aliphatic heterocycles. The maximum Gasteiger partial charge on any atom is 0.0427 e. The van der Waals surface area contributed by atoms with Gasteiger partial charge in [0.2, 0.25) is 0 Å². The van der Waals surface area contributed by atoms with Crippen molar-refractivity contribution in [3.63, 3.8) is 0 Å². The Bertz CT molecular complexity index is 2260. The molecule has 0 saturated carbocycles. The Hall–Kier alpha value is -6.64. The normalized spacial score (nSPS) is 10.9. The van der Waals surface area contributed by atoms with Gasteiger partial charge in [0.15, 0.2) is 0 Å². The van der Waals surface area contributed by atoms with Gasteiger partial charge in [-0.15, -0.1) is 0 Å². The van der Waals surface area contributed by atoms with Gasteiger partial charge >= 0.3 is 0 Å². The van der Waals surface area contributed by atoms with E-state index >= 15 is 0 Å². The van der Waals surface area contributed by atoms with Crippen molar-refractivity contribution in [2.75, 3.05) is 23.7 Å². The second-order valence-corrected chi connectivity index (χ2v) is 13.5. The maximum atomic E-state index is 3.89. The average molecular weight is 697 g/mol. The minimum atomic E-state index is 0.800. The molecule has 0 heterocycles. The Kier molecular flexibility index (Phi) is 10.7. The Morgan fingerprint density at radius 3 is 1.00 bits per heavy atom. The van der Waals surface area contributed by atoms with Crippen molar-refractivity contribution in [1.29, 1.82) is 0 Å². The molecule has 0 aliphatic rings. The van der Waals surface area contributed by atoms with Crippen LogP contribution in [0.15, 0.2) is 206 Å². The average Bonchev–Trinajstić information content (AvgIpc) is 3.25. The molecule has 54 heavy (non-hydrogen) atoms. The van der Waals surface area contributed by atoms with Crippen molar-refractivity contribution in [3.8, 4) is 11.1 Å². The molecule has 0 fully saturated rings. The first kappa shape index (κ1) is 34.4. The number of rotatable bonds is 13. The van der Waals surface area contributed by atoms with Crippen LogP contribution in [0.25, 0.3) is 43.8 Å². The largest absolute Gasteiger partial charge is 0.384 e. The molecule has 0 unspecified atom stereocenters. The standard InChI is InChI=1S/C52H44N2/c1-5-19-39(20-6-1)45(40-21-7-2-8-22-40)31-17-37-53-49-35-33-43-27-13-15-29-47(43)51(49)52-48-30-16-14-28-44(48)34-36-50(52)54-38-18-32-46(41-23-9-3-10-24-41)42-25-11-4-12-26-42/h1-16,19-36,53-54H,17-18,37-38H2. The second-order valence-electron chi connectivity index (χ2n) is 13.5. The predicted octanol–water partition coefficient (Wildman–Crippen LogP) is 13.5. The van der Waals surface area contributed by atoms with E-state index in [0.29, 0.717) is 0 Å². The zero-order valence-corrected chi connectivity index (χ0v) is 30.5. The molecule has 0 spiro atoms. The molecule has 2 nitrogen and oxygen atoms in total. The zero-order valence-electron chi connectivity index (χ0n) is 30.5. The summed E-state index contributed by atoms with van der Waals surface area (Å²) in [5.41, 5.74) is 12.2. The molecule has 0 atom stereocenters. The molecular weight excluding hydrogens is 653 g/mol. The van der Waals surface area contributed by atoms with Crippen LogP contribution in [0.5, 0.6) is 0 Å². The van der Waals surface area contributed by atoms with E-state index in [4.69, 9.17) is 0 Å². The third kappa shape index (κ3) is 7.74. The van der Waals surface area contributed by atoms with Crippen LogP contribution >= 0.6 is 0 Å².